The van der Waals surface area contributed by atoms with Crippen molar-refractivity contribution in [1.82, 2.24) is 15.0 Å². The van der Waals surface area contributed by atoms with Crippen LogP contribution >= 0.6 is 0 Å². The Morgan fingerprint density at radius 3 is 2.68 bits per heavy atom. The fourth-order valence-corrected chi connectivity index (χ4v) is 4.54. The van der Waals surface area contributed by atoms with Gasteiger partial charge in [-0.2, -0.15) is 4.98 Å². The molecule has 1 N–H and O–H groups in total. The first-order valence-electron chi connectivity index (χ1n) is 12.0. The molecular weight excluding hydrogens is 482 g/mol. The number of ether oxygens (including phenoxy) is 4. The topological polar surface area (TPSA) is 133 Å². The molecule has 1 amide bonds. The van der Waals surface area contributed by atoms with Crippen molar-refractivity contribution in [2.45, 2.75) is 25.2 Å². The van der Waals surface area contributed by atoms with Crippen LogP contribution in [-0.4, -0.2) is 72.4 Å². The van der Waals surface area contributed by atoms with Gasteiger partial charge in [0.05, 0.1) is 20.8 Å². The number of aromatic hydroxyl groups is 1. The minimum atomic E-state index is -0.211. The fourth-order valence-electron chi connectivity index (χ4n) is 4.54. The lowest BCUT2D eigenvalue weighted by Gasteiger charge is -2.30. The maximum absolute atomic E-state index is 12.7. The molecule has 0 saturated carbocycles. The third-order valence-corrected chi connectivity index (χ3v) is 6.56. The molecule has 0 radical (unpaired) electrons. The molecule has 1 aromatic heterocycles. The van der Waals surface area contributed by atoms with E-state index in [4.69, 9.17) is 23.5 Å². The number of hydrogen-bond acceptors (Lipinski definition) is 10. The molecule has 11 heteroatoms. The number of aromatic nitrogens is 2. The maximum Gasteiger partial charge on any atom is 0.260 e. The summed E-state index contributed by atoms with van der Waals surface area (Å²) in [5.74, 6) is 2.19. The first kappa shape index (κ1) is 24.4. The third kappa shape index (κ3) is 5.02. The van der Waals surface area contributed by atoms with Crippen LogP contribution < -0.4 is 18.9 Å². The number of amides is 1. The minimum Gasteiger partial charge on any atom is -0.507 e. The molecule has 1 saturated heterocycles. The van der Waals surface area contributed by atoms with Gasteiger partial charge in [-0.3, -0.25) is 9.59 Å². The molecule has 37 heavy (non-hydrogen) atoms. The van der Waals surface area contributed by atoms with Crippen LogP contribution in [0, 0.1) is 0 Å². The summed E-state index contributed by atoms with van der Waals surface area (Å²) in [5.41, 5.74) is 0.905. The minimum absolute atomic E-state index is 0.0404. The number of phenols is 1. The predicted molar refractivity (Wildman–Crippen MR) is 129 cm³/mol. The van der Waals surface area contributed by atoms with Crippen LogP contribution in [0.3, 0.4) is 0 Å². The Bertz CT molecular complexity index is 1310. The SMILES string of the molecule is COc1ccc(-c2noc(C3CCN(C(=O)COc4cc(O)c5c(c4)OCCC5=O)CC3)n2)cc1OC. The van der Waals surface area contributed by atoms with Crippen LogP contribution in [0.4, 0.5) is 0 Å². The standard InChI is InChI=1S/C26H27N3O8/c1-33-20-4-3-16(11-21(20)34-2)25-27-26(37-28-25)15-5-8-29(9-6-15)23(32)14-36-17-12-19(31)24-18(30)7-10-35-22(24)13-17/h3-4,11-13,15,31H,5-10,14H2,1-2H3. The van der Waals surface area contributed by atoms with Crippen LogP contribution in [0.25, 0.3) is 11.4 Å². The summed E-state index contributed by atoms with van der Waals surface area (Å²) in [6.45, 7) is 1.10. The highest BCUT2D eigenvalue weighted by Crippen LogP contribution is 2.37. The molecule has 2 aliphatic rings. The van der Waals surface area contributed by atoms with Crippen molar-refractivity contribution in [3.8, 4) is 40.1 Å². The number of rotatable bonds is 7. The highest BCUT2D eigenvalue weighted by molar-refractivity contribution is 6.02. The molecule has 3 aromatic rings. The summed E-state index contributed by atoms with van der Waals surface area (Å²) in [4.78, 5) is 31.0. The first-order valence-corrected chi connectivity index (χ1v) is 12.0. The molecule has 1 fully saturated rings. The number of fused-ring (bicyclic) bond motifs is 1. The Morgan fingerprint density at radius 1 is 1.14 bits per heavy atom. The predicted octanol–water partition coefficient (Wildman–Crippen LogP) is 3.21. The highest BCUT2D eigenvalue weighted by atomic mass is 16.5. The number of benzene rings is 2. The van der Waals surface area contributed by atoms with Gasteiger partial charge < -0.3 is 33.5 Å². The van der Waals surface area contributed by atoms with Crippen molar-refractivity contribution in [2.24, 2.45) is 0 Å². The van der Waals surface area contributed by atoms with Crippen LogP contribution in [0.1, 0.15) is 41.4 Å². The van der Waals surface area contributed by atoms with Crippen LogP contribution in [0.2, 0.25) is 0 Å². The van der Waals surface area contributed by atoms with E-state index in [0.717, 1.165) is 5.56 Å². The van der Waals surface area contributed by atoms with Crippen molar-refractivity contribution < 1.29 is 38.2 Å². The van der Waals surface area contributed by atoms with E-state index in [2.05, 4.69) is 10.1 Å². The summed E-state index contributed by atoms with van der Waals surface area (Å²) >= 11 is 0. The lowest BCUT2D eigenvalue weighted by Crippen LogP contribution is -2.40. The van der Waals surface area contributed by atoms with Gasteiger partial charge in [0.2, 0.25) is 11.7 Å². The van der Waals surface area contributed by atoms with Crippen molar-refractivity contribution in [3.63, 3.8) is 0 Å². The Balaban J connectivity index is 1.16. The number of Topliss-reactive ketones (excluding diaryl/α,β-unsaturated/α-hetero) is 1. The van der Waals surface area contributed by atoms with Gasteiger partial charge in [0.25, 0.3) is 5.91 Å². The average molecular weight is 510 g/mol. The monoisotopic (exact) mass is 509 g/mol. The van der Waals surface area contributed by atoms with Crippen molar-refractivity contribution >= 4 is 11.7 Å². The largest absolute Gasteiger partial charge is 0.507 e. The summed E-state index contributed by atoms with van der Waals surface area (Å²) < 4.78 is 27.2. The molecule has 3 heterocycles. The molecule has 0 aliphatic carbocycles. The van der Waals surface area contributed by atoms with E-state index in [9.17, 15) is 14.7 Å². The van der Waals surface area contributed by atoms with Crippen LogP contribution in [0.5, 0.6) is 28.7 Å². The molecule has 2 aromatic carbocycles. The summed E-state index contributed by atoms with van der Waals surface area (Å²) in [7, 11) is 3.14. The average Bonchev–Trinajstić information content (AvgIpc) is 3.42. The van der Waals surface area contributed by atoms with Crippen LogP contribution in [-0.2, 0) is 4.79 Å². The van der Waals surface area contributed by atoms with Gasteiger partial charge in [-0.25, -0.2) is 0 Å². The van der Waals surface area contributed by atoms with E-state index in [1.54, 1.807) is 31.3 Å². The normalized spacial score (nSPS) is 15.6. The van der Waals surface area contributed by atoms with Crippen molar-refractivity contribution in [3.05, 3.63) is 41.8 Å². The van der Waals surface area contributed by atoms with Gasteiger partial charge in [-0.1, -0.05) is 5.16 Å². The van der Waals surface area contributed by atoms with E-state index >= 15 is 0 Å². The molecular formula is C26H27N3O8. The number of likely N-dealkylation sites (tertiary alicyclic amines) is 1. The summed E-state index contributed by atoms with van der Waals surface area (Å²) in [6.07, 6.45) is 1.57. The molecule has 5 rings (SSSR count). The number of carbonyl (C=O) groups excluding carboxylic acids is 2. The van der Waals surface area contributed by atoms with E-state index in [-0.39, 0.29) is 60.1 Å². The van der Waals surface area contributed by atoms with Gasteiger partial charge in [-0.05, 0) is 31.0 Å². The van der Waals surface area contributed by atoms with Gasteiger partial charge >= 0.3 is 0 Å². The van der Waals surface area contributed by atoms with Gasteiger partial charge in [0.15, 0.2) is 23.9 Å². The van der Waals surface area contributed by atoms with E-state index in [0.29, 0.717) is 49.1 Å². The fraction of sp³-hybridized carbons (Fsp3) is 0.385. The number of methoxy groups -OCH3 is 2. The van der Waals surface area contributed by atoms with Gasteiger partial charge in [0, 0.05) is 43.1 Å². The number of ketones is 1. The number of carbonyl (C=O) groups is 2. The maximum atomic E-state index is 12.7. The lowest BCUT2D eigenvalue weighted by atomic mass is 9.96. The molecule has 0 bridgehead atoms. The van der Waals surface area contributed by atoms with Gasteiger partial charge in [-0.15, -0.1) is 0 Å². The Labute approximate surface area is 212 Å². The molecule has 2 aliphatic heterocycles. The number of piperidine rings is 1. The molecule has 0 unspecified atom stereocenters. The second-order valence-corrected chi connectivity index (χ2v) is 8.81. The second kappa shape index (κ2) is 10.4. The summed E-state index contributed by atoms with van der Waals surface area (Å²) in [5, 5.41) is 14.3. The zero-order valence-corrected chi connectivity index (χ0v) is 20.6. The Kier molecular flexibility index (Phi) is 6.85. The number of phenolic OH excluding ortho intramolecular Hbond substituents is 1. The zero-order chi connectivity index (χ0) is 25.9. The smallest absolute Gasteiger partial charge is 0.260 e. The van der Waals surface area contributed by atoms with E-state index in [1.165, 1.54) is 12.1 Å². The highest BCUT2D eigenvalue weighted by Gasteiger charge is 2.29. The lowest BCUT2D eigenvalue weighted by molar-refractivity contribution is -0.134. The van der Waals surface area contributed by atoms with Gasteiger partial charge in [0.1, 0.15) is 22.8 Å². The van der Waals surface area contributed by atoms with E-state index < -0.39 is 0 Å². The van der Waals surface area contributed by atoms with Crippen LogP contribution in [0.15, 0.2) is 34.9 Å². The van der Waals surface area contributed by atoms with E-state index in [1.807, 2.05) is 6.07 Å². The zero-order valence-electron chi connectivity index (χ0n) is 20.6. The number of hydrogen-bond donors (Lipinski definition) is 1. The Morgan fingerprint density at radius 2 is 1.92 bits per heavy atom. The van der Waals surface area contributed by atoms with Crippen molar-refractivity contribution in [2.75, 3.05) is 40.5 Å². The summed E-state index contributed by atoms with van der Waals surface area (Å²) in [6, 6.07) is 8.27. The quantitative estimate of drug-likeness (QED) is 0.506. The number of nitrogens with zero attached hydrogens (tertiary/aromatic N) is 3. The first-order chi connectivity index (χ1) is 18.0. The molecule has 0 spiro atoms. The van der Waals surface area contributed by atoms with Crippen molar-refractivity contribution in [1.29, 1.82) is 0 Å². The third-order valence-electron chi connectivity index (χ3n) is 6.56. The Hall–Kier alpha value is -4.28. The molecule has 0 atom stereocenters. The molecule has 11 nitrogen and oxygen atoms in total. The molecule has 194 valence electrons. The second-order valence-electron chi connectivity index (χ2n) is 8.81.